The lowest BCUT2D eigenvalue weighted by Gasteiger charge is -2.25. The molecule has 0 aliphatic rings. The molecule has 0 amide bonds. The molecule has 0 saturated carbocycles. The number of hydrogen-bond acceptors (Lipinski definition) is 3. The van der Waals surface area contributed by atoms with Crippen LogP contribution in [0.2, 0.25) is 0 Å². The predicted octanol–water partition coefficient (Wildman–Crippen LogP) is 2.29. The summed E-state index contributed by atoms with van der Waals surface area (Å²) < 4.78 is 0. The van der Waals surface area contributed by atoms with Crippen LogP contribution in [-0.4, -0.2) is 63.2 Å². The maximum absolute atomic E-state index is 3.56. The number of rotatable bonds is 12. The summed E-state index contributed by atoms with van der Waals surface area (Å²) in [5.41, 5.74) is 0. The molecule has 0 radical (unpaired) electrons. The van der Waals surface area contributed by atoms with E-state index in [1.165, 1.54) is 45.4 Å². The molecule has 0 aliphatic heterocycles. The third-order valence-electron chi connectivity index (χ3n) is 3.05. The summed E-state index contributed by atoms with van der Waals surface area (Å²) in [6.45, 7) is 13.9. The zero-order valence-electron chi connectivity index (χ0n) is 13.3. The van der Waals surface area contributed by atoms with Gasteiger partial charge in [0.2, 0.25) is 0 Å². The highest BCUT2D eigenvalue weighted by molar-refractivity contribution is 4.63. The van der Waals surface area contributed by atoms with Gasteiger partial charge in [0.25, 0.3) is 0 Å². The van der Waals surface area contributed by atoms with Gasteiger partial charge in [0.05, 0.1) is 0 Å². The number of unbranched alkanes of at least 4 members (excludes halogenated alkanes) is 2. The lowest BCUT2D eigenvalue weighted by atomic mass is 10.2. The molecular weight excluding hydrogens is 222 g/mol. The zero-order valence-corrected chi connectivity index (χ0v) is 13.3. The summed E-state index contributed by atoms with van der Waals surface area (Å²) in [4.78, 5) is 4.85. The summed E-state index contributed by atoms with van der Waals surface area (Å²) in [7, 11) is 4.30. The molecule has 0 aliphatic carbocycles. The Balaban J connectivity index is 3.65. The van der Waals surface area contributed by atoms with Gasteiger partial charge in [-0.3, -0.25) is 0 Å². The fraction of sp³-hybridized carbons (Fsp3) is 1.00. The van der Waals surface area contributed by atoms with Gasteiger partial charge in [-0.1, -0.05) is 33.6 Å². The normalized spacial score (nSPS) is 12.0. The number of nitrogens with one attached hydrogen (secondary N) is 1. The van der Waals surface area contributed by atoms with Crippen molar-refractivity contribution in [2.24, 2.45) is 5.92 Å². The van der Waals surface area contributed by atoms with Crippen LogP contribution in [0, 0.1) is 5.92 Å². The fourth-order valence-corrected chi connectivity index (χ4v) is 2.01. The van der Waals surface area contributed by atoms with Crippen molar-refractivity contribution in [2.45, 2.75) is 40.0 Å². The van der Waals surface area contributed by atoms with Gasteiger partial charge >= 0.3 is 0 Å². The first-order valence-electron chi connectivity index (χ1n) is 7.64. The lowest BCUT2D eigenvalue weighted by molar-refractivity contribution is 0.219. The van der Waals surface area contributed by atoms with Crippen LogP contribution in [0.4, 0.5) is 0 Å². The van der Waals surface area contributed by atoms with E-state index >= 15 is 0 Å². The molecule has 0 bridgehead atoms. The van der Waals surface area contributed by atoms with E-state index < -0.39 is 0 Å². The summed E-state index contributed by atoms with van der Waals surface area (Å²) >= 11 is 0. The van der Waals surface area contributed by atoms with Crippen LogP contribution in [0.3, 0.4) is 0 Å². The third kappa shape index (κ3) is 12.3. The molecule has 0 aromatic rings. The van der Waals surface area contributed by atoms with Gasteiger partial charge in [0.1, 0.15) is 0 Å². The van der Waals surface area contributed by atoms with Crippen LogP contribution in [0.1, 0.15) is 40.0 Å². The monoisotopic (exact) mass is 257 g/mol. The second-order valence-electron chi connectivity index (χ2n) is 5.95. The van der Waals surface area contributed by atoms with Gasteiger partial charge < -0.3 is 15.1 Å². The summed E-state index contributed by atoms with van der Waals surface area (Å²) in [6, 6.07) is 0. The minimum Gasteiger partial charge on any atom is -0.315 e. The Morgan fingerprint density at radius 3 is 2.22 bits per heavy atom. The van der Waals surface area contributed by atoms with Crippen LogP contribution in [-0.2, 0) is 0 Å². The predicted molar refractivity (Wildman–Crippen MR) is 82.2 cm³/mol. The Morgan fingerprint density at radius 1 is 0.944 bits per heavy atom. The molecule has 1 N–H and O–H groups in total. The molecule has 0 spiro atoms. The van der Waals surface area contributed by atoms with E-state index in [0.717, 1.165) is 19.0 Å². The van der Waals surface area contributed by atoms with E-state index in [1.807, 2.05) is 0 Å². The third-order valence-corrected chi connectivity index (χ3v) is 3.05. The quantitative estimate of drug-likeness (QED) is 0.541. The summed E-state index contributed by atoms with van der Waals surface area (Å²) in [6.07, 6.45) is 3.98. The van der Waals surface area contributed by atoms with Crippen molar-refractivity contribution in [3.63, 3.8) is 0 Å². The molecule has 0 heterocycles. The standard InChI is InChI=1S/C15H35N3/c1-6-7-8-9-16-10-11-18(14-15(2)3)13-12-17(4)5/h15-16H,6-14H2,1-5H3. The maximum atomic E-state index is 3.56. The molecule has 0 fully saturated rings. The van der Waals surface area contributed by atoms with E-state index in [9.17, 15) is 0 Å². The van der Waals surface area contributed by atoms with E-state index in [4.69, 9.17) is 0 Å². The first kappa shape index (κ1) is 17.9. The first-order valence-corrected chi connectivity index (χ1v) is 7.64. The Morgan fingerprint density at radius 2 is 1.67 bits per heavy atom. The van der Waals surface area contributed by atoms with Crippen LogP contribution in [0.25, 0.3) is 0 Å². The minimum atomic E-state index is 0.757. The van der Waals surface area contributed by atoms with E-state index in [-0.39, 0.29) is 0 Å². The largest absolute Gasteiger partial charge is 0.315 e. The SMILES string of the molecule is CCCCCNCCN(CCN(C)C)CC(C)C. The molecular formula is C15H35N3. The molecule has 18 heavy (non-hydrogen) atoms. The highest BCUT2D eigenvalue weighted by atomic mass is 15.2. The van der Waals surface area contributed by atoms with Gasteiger partial charge in [-0.15, -0.1) is 0 Å². The minimum absolute atomic E-state index is 0.757. The van der Waals surface area contributed by atoms with Gasteiger partial charge in [-0.05, 0) is 33.0 Å². The van der Waals surface area contributed by atoms with Crippen molar-refractivity contribution in [3.05, 3.63) is 0 Å². The molecule has 3 heteroatoms. The topological polar surface area (TPSA) is 18.5 Å². The Bertz CT molecular complexity index is 169. The van der Waals surface area contributed by atoms with Crippen LogP contribution < -0.4 is 5.32 Å². The second-order valence-corrected chi connectivity index (χ2v) is 5.95. The molecule has 3 nitrogen and oxygen atoms in total. The molecule has 0 saturated heterocycles. The van der Waals surface area contributed by atoms with Crippen LogP contribution in [0.15, 0.2) is 0 Å². The van der Waals surface area contributed by atoms with Crippen LogP contribution >= 0.6 is 0 Å². The number of hydrogen-bond donors (Lipinski definition) is 1. The van der Waals surface area contributed by atoms with Gasteiger partial charge in [0, 0.05) is 32.7 Å². The van der Waals surface area contributed by atoms with Gasteiger partial charge in [-0.25, -0.2) is 0 Å². The van der Waals surface area contributed by atoms with Crippen molar-refractivity contribution in [1.29, 1.82) is 0 Å². The van der Waals surface area contributed by atoms with Crippen molar-refractivity contribution in [3.8, 4) is 0 Å². The second kappa shape index (κ2) is 11.9. The van der Waals surface area contributed by atoms with Crippen molar-refractivity contribution < 1.29 is 0 Å². The van der Waals surface area contributed by atoms with Crippen molar-refractivity contribution in [1.82, 2.24) is 15.1 Å². The van der Waals surface area contributed by atoms with Gasteiger partial charge in [0.15, 0.2) is 0 Å². The van der Waals surface area contributed by atoms with Crippen molar-refractivity contribution in [2.75, 3.05) is 53.4 Å². The molecule has 0 rings (SSSR count). The molecule has 110 valence electrons. The fourth-order valence-electron chi connectivity index (χ4n) is 2.01. The molecule has 0 atom stereocenters. The lowest BCUT2D eigenvalue weighted by Crippen LogP contribution is -2.38. The molecule has 0 aromatic heterocycles. The van der Waals surface area contributed by atoms with Crippen molar-refractivity contribution >= 4 is 0 Å². The van der Waals surface area contributed by atoms with E-state index in [0.29, 0.717) is 0 Å². The van der Waals surface area contributed by atoms with E-state index in [2.05, 4.69) is 50.0 Å². The maximum Gasteiger partial charge on any atom is 0.0110 e. The zero-order chi connectivity index (χ0) is 13.8. The average Bonchev–Trinajstić information content (AvgIpc) is 2.29. The highest BCUT2D eigenvalue weighted by Crippen LogP contribution is 1.98. The average molecular weight is 257 g/mol. The Hall–Kier alpha value is -0.120. The van der Waals surface area contributed by atoms with E-state index in [1.54, 1.807) is 0 Å². The van der Waals surface area contributed by atoms with Crippen LogP contribution in [0.5, 0.6) is 0 Å². The molecule has 0 unspecified atom stereocenters. The van der Waals surface area contributed by atoms with Gasteiger partial charge in [-0.2, -0.15) is 0 Å². The Labute approximate surface area is 115 Å². The smallest absolute Gasteiger partial charge is 0.0110 e. The summed E-state index contributed by atoms with van der Waals surface area (Å²) in [5, 5.41) is 3.56. The highest BCUT2D eigenvalue weighted by Gasteiger charge is 2.07. The Kier molecular flexibility index (Phi) is 11.9. The summed E-state index contributed by atoms with van der Waals surface area (Å²) in [5.74, 6) is 0.757. The first-order chi connectivity index (χ1) is 8.56. The number of nitrogens with zero attached hydrogens (tertiary/aromatic N) is 2. The molecule has 0 aromatic carbocycles. The number of likely N-dealkylation sites (N-methyl/N-ethyl adjacent to an activating group) is 1.